The minimum Gasteiger partial charge on any atom is -0.336 e. The van der Waals surface area contributed by atoms with Crippen LogP contribution in [0, 0.1) is 0 Å². The normalized spacial score (nSPS) is 16.8. The standard InChI is InChI=1S/C52H44N6O4S4/c59-47(39-23-27-63-31-39)55-45(37-9-3-1-4-10-37)51(61)57-25-7-13-41(57)49-53-29-43(65-49)35-19-15-33(16-20-35)34-17-21-36(22-18-34)44-30-54-50(66-44)42-14-8-26-58(42)52(62)46(38-11-5-2-6-12-38)56-48(60)40-24-28-64-32-40/h1-6,9-12,15-24,27-32,41-42,45-46H,7-8,13-14,25-26H2,(H,55,59)(H,56,60)/t41-,42-,45-,46+/m0/s1. The van der Waals surface area contributed by atoms with Crippen molar-refractivity contribution in [3.63, 3.8) is 0 Å². The summed E-state index contributed by atoms with van der Waals surface area (Å²) in [5.41, 5.74) is 6.86. The Bertz CT molecular complexity index is 2730. The molecule has 0 bridgehead atoms. The van der Waals surface area contributed by atoms with Crippen LogP contribution in [-0.4, -0.2) is 56.5 Å². The highest BCUT2D eigenvalue weighted by Gasteiger charge is 2.38. The van der Waals surface area contributed by atoms with Crippen molar-refractivity contribution in [2.75, 3.05) is 13.1 Å². The van der Waals surface area contributed by atoms with Gasteiger partial charge in [0.2, 0.25) is 11.8 Å². The van der Waals surface area contributed by atoms with Crippen LogP contribution in [0.25, 0.3) is 32.0 Å². The van der Waals surface area contributed by atoms with Crippen molar-refractivity contribution in [2.24, 2.45) is 0 Å². The van der Waals surface area contributed by atoms with Crippen molar-refractivity contribution in [3.05, 3.63) is 188 Å². The molecule has 0 radical (unpaired) electrons. The number of rotatable bonds is 13. The lowest BCUT2D eigenvalue weighted by molar-refractivity contribution is -0.135. The van der Waals surface area contributed by atoms with Gasteiger partial charge in [0, 0.05) is 36.2 Å². The van der Waals surface area contributed by atoms with E-state index in [1.54, 1.807) is 45.6 Å². The Hall–Kier alpha value is -6.58. The first-order valence-corrected chi connectivity index (χ1v) is 25.4. The molecule has 2 aliphatic heterocycles. The number of nitrogens with one attached hydrogen (secondary N) is 2. The number of aromatic nitrogens is 2. The Kier molecular flexibility index (Phi) is 12.8. The van der Waals surface area contributed by atoms with Crippen LogP contribution >= 0.6 is 45.3 Å². The zero-order valence-electron chi connectivity index (χ0n) is 35.6. The summed E-state index contributed by atoms with van der Waals surface area (Å²) in [4.78, 5) is 70.3. The van der Waals surface area contributed by atoms with Crippen molar-refractivity contribution in [2.45, 2.75) is 49.9 Å². The summed E-state index contributed by atoms with van der Waals surface area (Å²) in [7, 11) is 0. The number of carbonyl (C=O) groups excluding carboxylic acids is 4. The molecular formula is C52H44N6O4S4. The van der Waals surface area contributed by atoms with Crippen molar-refractivity contribution in [3.8, 4) is 32.0 Å². The maximum Gasteiger partial charge on any atom is 0.253 e. The van der Waals surface area contributed by atoms with Crippen LogP contribution in [-0.2, 0) is 9.59 Å². The molecule has 66 heavy (non-hydrogen) atoms. The second-order valence-electron chi connectivity index (χ2n) is 16.3. The van der Waals surface area contributed by atoms with E-state index in [-0.39, 0.29) is 35.7 Å². The molecule has 4 aromatic carbocycles. The predicted octanol–water partition coefficient (Wildman–Crippen LogP) is 11.4. The number of likely N-dealkylation sites (tertiary alicyclic amines) is 2. The Labute approximate surface area is 398 Å². The fourth-order valence-electron chi connectivity index (χ4n) is 8.79. The smallest absolute Gasteiger partial charge is 0.253 e. The molecular weight excluding hydrogens is 901 g/mol. The van der Waals surface area contributed by atoms with Gasteiger partial charge in [-0.05, 0) is 82.0 Å². The third-order valence-corrected chi connectivity index (χ3v) is 15.9. The molecule has 10 nitrogen and oxygen atoms in total. The van der Waals surface area contributed by atoms with Crippen molar-refractivity contribution in [1.29, 1.82) is 0 Å². The van der Waals surface area contributed by atoms with Crippen LogP contribution in [0.1, 0.15) is 91.7 Å². The highest BCUT2D eigenvalue weighted by molar-refractivity contribution is 7.15. The Balaban J connectivity index is 0.800. The summed E-state index contributed by atoms with van der Waals surface area (Å²) >= 11 is 6.10. The average Bonchev–Trinajstić information content (AvgIpc) is 4.22. The molecule has 0 unspecified atom stereocenters. The fraction of sp³-hybridized carbons (Fsp3) is 0.192. The van der Waals surface area contributed by atoms with Gasteiger partial charge in [0.1, 0.15) is 22.1 Å². The lowest BCUT2D eigenvalue weighted by Gasteiger charge is -2.28. The van der Waals surface area contributed by atoms with Gasteiger partial charge in [-0.2, -0.15) is 22.7 Å². The number of carbonyl (C=O) groups is 4. The van der Waals surface area contributed by atoms with Gasteiger partial charge in [-0.25, -0.2) is 9.97 Å². The summed E-state index contributed by atoms with van der Waals surface area (Å²) in [6.07, 6.45) is 7.12. The van der Waals surface area contributed by atoms with E-state index in [1.807, 2.05) is 93.6 Å². The van der Waals surface area contributed by atoms with E-state index in [1.165, 1.54) is 22.7 Å². The van der Waals surface area contributed by atoms with Gasteiger partial charge < -0.3 is 20.4 Å². The monoisotopic (exact) mass is 944 g/mol. The average molecular weight is 945 g/mol. The third kappa shape index (κ3) is 9.14. The van der Waals surface area contributed by atoms with E-state index in [4.69, 9.17) is 9.97 Å². The second-order valence-corrected chi connectivity index (χ2v) is 20.0. The maximum absolute atomic E-state index is 14.3. The van der Waals surface area contributed by atoms with Gasteiger partial charge in [-0.1, -0.05) is 109 Å². The van der Waals surface area contributed by atoms with Crippen LogP contribution in [0.2, 0.25) is 0 Å². The summed E-state index contributed by atoms with van der Waals surface area (Å²) in [6.45, 7) is 1.20. The van der Waals surface area contributed by atoms with Crippen LogP contribution in [0.15, 0.2) is 155 Å². The van der Waals surface area contributed by atoms with Gasteiger partial charge in [0.05, 0.1) is 33.0 Å². The molecule has 10 rings (SSSR count). The molecule has 4 amide bonds. The predicted molar refractivity (Wildman–Crippen MR) is 263 cm³/mol. The Morgan fingerprint density at radius 2 is 0.909 bits per heavy atom. The van der Waals surface area contributed by atoms with E-state index in [0.717, 1.165) is 78.8 Å². The molecule has 4 atom stereocenters. The molecule has 4 aromatic heterocycles. The van der Waals surface area contributed by atoms with Gasteiger partial charge in [0.25, 0.3) is 11.8 Å². The number of thiazole rings is 2. The number of nitrogens with zero attached hydrogens (tertiary/aromatic N) is 4. The molecule has 0 aliphatic carbocycles. The molecule has 2 saturated heterocycles. The molecule has 2 N–H and O–H groups in total. The molecule has 0 saturated carbocycles. The van der Waals surface area contributed by atoms with Crippen molar-refractivity contribution >= 4 is 69.0 Å². The molecule has 2 fully saturated rings. The lowest BCUT2D eigenvalue weighted by atomic mass is 10.0. The van der Waals surface area contributed by atoms with Crippen molar-refractivity contribution < 1.29 is 19.2 Å². The summed E-state index contributed by atoms with van der Waals surface area (Å²) in [5, 5.41) is 15.1. The molecule has 330 valence electrons. The SMILES string of the molecule is O=C(N[C@H](C(=O)N1CCC[C@H]1c1ncc(-c2ccc(-c3ccc(-c4cnc([C@@H]5CCCN5C(=O)[C@H](NC(=O)c5ccsc5)c5ccccc5)s4)cc3)cc2)s1)c1ccccc1)c1ccsc1. The summed E-state index contributed by atoms with van der Waals surface area (Å²) < 4.78 is 0. The van der Waals surface area contributed by atoms with Crippen molar-refractivity contribution in [1.82, 2.24) is 30.4 Å². The number of benzene rings is 4. The number of amides is 4. The first kappa shape index (κ1) is 43.3. The first-order valence-electron chi connectivity index (χ1n) is 21.9. The van der Waals surface area contributed by atoms with E-state index in [9.17, 15) is 19.2 Å². The minimum absolute atomic E-state index is 0.131. The van der Waals surface area contributed by atoms with Crippen LogP contribution < -0.4 is 10.6 Å². The fourth-order valence-corrected chi connectivity index (χ4v) is 12.2. The first-order chi connectivity index (χ1) is 32.4. The largest absolute Gasteiger partial charge is 0.336 e. The molecule has 6 heterocycles. The van der Waals surface area contributed by atoms with Crippen LogP contribution in [0.5, 0.6) is 0 Å². The molecule has 8 aromatic rings. The van der Waals surface area contributed by atoms with Crippen LogP contribution in [0.4, 0.5) is 0 Å². The van der Waals surface area contributed by atoms with E-state index in [0.29, 0.717) is 24.2 Å². The molecule has 2 aliphatic rings. The summed E-state index contributed by atoms with van der Waals surface area (Å²) in [6, 6.07) is 37.4. The van der Waals surface area contributed by atoms with Gasteiger partial charge in [-0.3, -0.25) is 19.2 Å². The Morgan fingerprint density at radius 3 is 1.29 bits per heavy atom. The van der Waals surface area contributed by atoms with E-state index in [2.05, 4.69) is 59.2 Å². The second kappa shape index (κ2) is 19.5. The molecule has 0 spiro atoms. The van der Waals surface area contributed by atoms with Gasteiger partial charge in [-0.15, -0.1) is 22.7 Å². The van der Waals surface area contributed by atoms with E-state index >= 15 is 0 Å². The van der Waals surface area contributed by atoms with Gasteiger partial charge in [0.15, 0.2) is 0 Å². The summed E-state index contributed by atoms with van der Waals surface area (Å²) in [5.74, 6) is -0.801. The topological polar surface area (TPSA) is 125 Å². The number of thiophene rings is 2. The lowest BCUT2D eigenvalue weighted by Crippen LogP contribution is -2.42. The number of hydrogen-bond donors (Lipinski definition) is 2. The third-order valence-electron chi connectivity index (χ3n) is 12.2. The maximum atomic E-state index is 14.3. The molecule has 14 heteroatoms. The zero-order valence-corrected chi connectivity index (χ0v) is 38.9. The number of hydrogen-bond acceptors (Lipinski definition) is 10. The Morgan fingerprint density at radius 1 is 0.515 bits per heavy atom. The van der Waals surface area contributed by atoms with Crippen LogP contribution in [0.3, 0.4) is 0 Å². The zero-order chi connectivity index (χ0) is 45.0. The highest BCUT2D eigenvalue weighted by atomic mass is 32.1. The quantitative estimate of drug-likeness (QED) is 0.119. The van der Waals surface area contributed by atoms with E-state index < -0.39 is 12.1 Å². The minimum atomic E-state index is -0.807. The highest BCUT2D eigenvalue weighted by Crippen LogP contribution is 2.41. The van der Waals surface area contributed by atoms with Gasteiger partial charge >= 0.3 is 0 Å².